The molecule has 0 radical (unpaired) electrons. The first-order valence-electron chi connectivity index (χ1n) is 13.8. The standard InChI is InChI=1S/C30H40N6O5/c1-20-22(16-31)26-33-25(23(37)17-40-15-14-39-6)34-36(26)27(24(20)21-10-8-7-9-11-21)35-13-12-30(5,19-35)18-32-28(38)41-29(2,3)4/h7-11,23,37H,12-15,17-19H2,1-6H3,(H,32,38)/t23?,30-/m0/s1. The predicted molar refractivity (Wildman–Crippen MR) is 155 cm³/mol. The van der Waals surface area contributed by atoms with Crippen molar-refractivity contribution in [2.24, 2.45) is 5.41 Å². The fourth-order valence-electron chi connectivity index (χ4n) is 5.08. The first-order valence-corrected chi connectivity index (χ1v) is 13.8. The van der Waals surface area contributed by atoms with Gasteiger partial charge in [-0.05, 0) is 45.2 Å². The van der Waals surface area contributed by atoms with E-state index in [1.54, 1.807) is 11.6 Å². The summed E-state index contributed by atoms with van der Waals surface area (Å²) in [5, 5.41) is 28.7. The Morgan fingerprint density at radius 3 is 2.66 bits per heavy atom. The van der Waals surface area contributed by atoms with Crippen LogP contribution in [0.15, 0.2) is 30.3 Å². The van der Waals surface area contributed by atoms with Crippen molar-refractivity contribution in [2.75, 3.05) is 51.5 Å². The number of pyridine rings is 1. The number of alkyl carbamates (subject to hydrolysis) is 1. The van der Waals surface area contributed by atoms with E-state index in [2.05, 4.69) is 28.2 Å². The van der Waals surface area contributed by atoms with Crippen LogP contribution in [0.5, 0.6) is 0 Å². The van der Waals surface area contributed by atoms with Gasteiger partial charge in [0.05, 0.1) is 19.8 Å². The monoisotopic (exact) mass is 564 g/mol. The van der Waals surface area contributed by atoms with Crippen LogP contribution in [-0.2, 0) is 14.2 Å². The number of nitrogens with zero attached hydrogens (tertiary/aromatic N) is 5. The van der Waals surface area contributed by atoms with Gasteiger partial charge < -0.3 is 29.5 Å². The third-order valence-corrected chi connectivity index (χ3v) is 7.12. The molecule has 11 heteroatoms. The van der Waals surface area contributed by atoms with Gasteiger partial charge in [0, 0.05) is 37.7 Å². The van der Waals surface area contributed by atoms with Crippen LogP contribution in [0.4, 0.5) is 10.6 Å². The van der Waals surface area contributed by atoms with Gasteiger partial charge in [0.2, 0.25) is 0 Å². The highest BCUT2D eigenvalue weighted by molar-refractivity contribution is 5.85. The first kappa shape index (κ1) is 30.2. The number of amides is 1. The number of nitrogens with one attached hydrogen (secondary N) is 1. The molecule has 1 fully saturated rings. The maximum Gasteiger partial charge on any atom is 0.407 e. The van der Waals surface area contributed by atoms with E-state index in [0.717, 1.165) is 28.9 Å². The molecule has 1 aliphatic heterocycles. The summed E-state index contributed by atoms with van der Waals surface area (Å²) in [4.78, 5) is 19.2. The lowest BCUT2D eigenvalue weighted by atomic mass is 9.90. The molecule has 3 heterocycles. The molecule has 2 aromatic heterocycles. The molecule has 11 nitrogen and oxygen atoms in total. The van der Waals surface area contributed by atoms with Crippen molar-refractivity contribution in [1.29, 1.82) is 5.26 Å². The van der Waals surface area contributed by atoms with Crippen LogP contribution in [0.25, 0.3) is 16.8 Å². The molecule has 0 saturated carbocycles. The minimum absolute atomic E-state index is 0.000106. The maximum atomic E-state index is 12.4. The van der Waals surface area contributed by atoms with Crippen molar-refractivity contribution < 1.29 is 24.1 Å². The highest BCUT2D eigenvalue weighted by Gasteiger charge is 2.38. The molecule has 0 bridgehead atoms. The maximum absolute atomic E-state index is 12.4. The Bertz CT molecular complexity index is 1410. The van der Waals surface area contributed by atoms with E-state index < -0.39 is 17.8 Å². The number of aliphatic hydroxyl groups is 1. The van der Waals surface area contributed by atoms with Crippen LogP contribution < -0.4 is 10.2 Å². The summed E-state index contributed by atoms with van der Waals surface area (Å²) < 4.78 is 17.6. The number of fused-ring (bicyclic) bond motifs is 1. The molecule has 1 aliphatic rings. The highest BCUT2D eigenvalue weighted by Crippen LogP contribution is 2.41. The van der Waals surface area contributed by atoms with Gasteiger partial charge >= 0.3 is 6.09 Å². The van der Waals surface area contributed by atoms with Crippen molar-refractivity contribution in [3.05, 3.63) is 47.3 Å². The number of rotatable bonds is 10. The summed E-state index contributed by atoms with van der Waals surface area (Å²) in [5.74, 6) is 0.966. The van der Waals surface area contributed by atoms with Gasteiger partial charge in [-0.25, -0.2) is 9.78 Å². The molecule has 0 aliphatic carbocycles. The Morgan fingerprint density at radius 2 is 2.00 bits per heavy atom. The number of carbonyl (C=O) groups excluding carboxylic acids is 1. The Kier molecular flexibility index (Phi) is 9.17. The number of carbonyl (C=O) groups is 1. The third-order valence-electron chi connectivity index (χ3n) is 7.12. The Labute approximate surface area is 241 Å². The van der Waals surface area contributed by atoms with Gasteiger partial charge in [0.1, 0.15) is 29.2 Å². The van der Waals surface area contributed by atoms with Gasteiger partial charge in [-0.1, -0.05) is 37.3 Å². The summed E-state index contributed by atoms with van der Waals surface area (Å²) in [7, 11) is 1.58. The normalized spacial score (nSPS) is 18.0. The van der Waals surface area contributed by atoms with Crippen LogP contribution in [0, 0.1) is 23.7 Å². The number of ether oxygens (including phenoxy) is 3. The number of hydrogen-bond donors (Lipinski definition) is 2. The van der Waals surface area contributed by atoms with E-state index in [1.165, 1.54) is 0 Å². The number of methoxy groups -OCH3 is 1. The molecule has 220 valence electrons. The van der Waals surface area contributed by atoms with E-state index >= 15 is 0 Å². The van der Waals surface area contributed by atoms with E-state index in [9.17, 15) is 15.2 Å². The topological polar surface area (TPSA) is 134 Å². The average molecular weight is 565 g/mol. The number of benzene rings is 1. The van der Waals surface area contributed by atoms with E-state index in [4.69, 9.17) is 19.3 Å². The lowest BCUT2D eigenvalue weighted by molar-refractivity contribution is 0.00946. The summed E-state index contributed by atoms with van der Waals surface area (Å²) >= 11 is 0. The zero-order valence-electron chi connectivity index (χ0n) is 24.7. The van der Waals surface area contributed by atoms with Crippen LogP contribution in [-0.4, -0.2) is 78.0 Å². The van der Waals surface area contributed by atoms with Gasteiger partial charge in [-0.3, -0.25) is 0 Å². The second-order valence-electron chi connectivity index (χ2n) is 11.8. The fourth-order valence-corrected chi connectivity index (χ4v) is 5.08. The van der Waals surface area contributed by atoms with Crippen LogP contribution in [0.1, 0.15) is 57.2 Å². The molecule has 0 spiro atoms. The number of aromatic nitrogens is 3. The predicted octanol–water partition coefficient (Wildman–Crippen LogP) is 4.01. The van der Waals surface area contributed by atoms with Crippen molar-refractivity contribution in [1.82, 2.24) is 19.9 Å². The number of hydrogen-bond acceptors (Lipinski definition) is 9. The average Bonchev–Trinajstić information content (AvgIpc) is 3.53. The smallest absolute Gasteiger partial charge is 0.407 e. The second kappa shape index (κ2) is 12.4. The van der Waals surface area contributed by atoms with Gasteiger partial charge in [-0.2, -0.15) is 9.78 Å². The lowest BCUT2D eigenvalue weighted by Gasteiger charge is -2.29. The second-order valence-corrected chi connectivity index (χ2v) is 11.8. The van der Waals surface area contributed by atoms with Gasteiger partial charge in [0.25, 0.3) is 0 Å². The number of nitriles is 1. The lowest BCUT2D eigenvalue weighted by Crippen LogP contribution is -2.40. The van der Waals surface area contributed by atoms with Crippen molar-refractivity contribution >= 4 is 17.6 Å². The van der Waals surface area contributed by atoms with Crippen molar-refractivity contribution in [3.8, 4) is 17.2 Å². The Balaban J connectivity index is 1.74. The molecular formula is C30H40N6O5. The molecule has 1 amide bonds. The first-order chi connectivity index (χ1) is 19.5. The zero-order valence-corrected chi connectivity index (χ0v) is 24.7. The van der Waals surface area contributed by atoms with E-state index in [-0.39, 0.29) is 17.8 Å². The van der Waals surface area contributed by atoms with E-state index in [1.807, 2.05) is 58.0 Å². The fraction of sp³-hybridized carbons (Fsp3) is 0.533. The Hall–Kier alpha value is -3.72. The Morgan fingerprint density at radius 1 is 1.27 bits per heavy atom. The highest BCUT2D eigenvalue weighted by atomic mass is 16.6. The van der Waals surface area contributed by atoms with Crippen LogP contribution >= 0.6 is 0 Å². The minimum Gasteiger partial charge on any atom is -0.444 e. The molecule has 2 atom stereocenters. The molecule has 41 heavy (non-hydrogen) atoms. The third kappa shape index (κ3) is 6.96. The summed E-state index contributed by atoms with van der Waals surface area (Å²) in [6.45, 7) is 12.1. The largest absolute Gasteiger partial charge is 0.444 e. The summed E-state index contributed by atoms with van der Waals surface area (Å²) in [6, 6.07) is 12.2. The van der Waals surface area contributed by atoms with E-state index in [0.29, 0.717) is 44.1 Å². The van der Waals surface area contributed by atoms with Gasteiger partial charge in [-0.15, -0.1) is 5.10 Å². The summed E-state index contributed by atoms with van der Waals surface area (Å²) in [5.41, 5.74) is 2.56. The molecule has 1 aromatic carbocycles. The number of aliphatic hydroxyl groups excluding tert-OH is 1. The van der Waals surface area contributed by atoms with Crippen LogP contribution in [0.2, 0.25) is 0 Å². The molecule has 1 unspecified atom stereocenters. The van der Waals surface area contributed by atoms with Crippen molar-refractivity contribution in [2.45, 2.75) is 52.7 Å². The summed E-state index contributed by atoms with van der Waals surface area (Å²) in [6.07, 6.45) is -0.704. The van der Waals surface area contributed by atoms with Crippen LogP contribution in [0.3, 0.4) is 0 Å². The molecular weight excluding hydrogens is 524 g/mol. The molecule has 3 aromatic rings. The quantitative estimate of drug-likeness (QED) is 0.350. The number of anilines is 1. The SMILES string of the molecule is COCCOCC(O)c1nc2c(C#N)c(C)c(-c3ccccc3)c(N3CC[C@@](C)(CNC(=O)OC(C)(C)C)C3)n2n1. The zero-order chi connectivity index (χ0) is 29.8. The molecule has 4 rings (SSSR count). The molecule has 2 N–H and O–H groups in total. The molecule has 1 saturated heterocycles. The van der Waals surface area contributed by atoms with Gasteiger partial charge in [0.15, 0.2) is 11.5 Å². The minimum atomic E-state index is -1.08. The van der Waals surface area contributed by atoms with Crippen molar-refractivity contribution in [3.63, 3.8) is 0 Å².